The summed E-state index contributed by atoms with van der Waals surface area (Å²) in [7, 11) is 0. The van der Waals surface area contributed by atoms with Crippen molar-refractivity contribution in [3.05, 3.63) is 69.7 Å². The Hall–Kier alpha value is -1.55. The van der Waals surface area contributed by atoms with E-state index in [9.17, 15) is 9.90 Å². The summed E-state index contributed by atoms with van der Waals surface area (Å²) in [5, 5.41) is 13.5. The largest absolute Gasteiger partial charge is 0.388 e. The molecule has 0 fully saturated rings. The summed E-state index contributed by atoms with van der Waals surface area (Å²) in [5.74, 6) is -0.242. The fourth-order valence-corrected chi connectivity index (χ4v) is 2.20. The van der Waals surface area contributed by atoms with Crippen molar-refractivity contribution in [3.63, 3.8) is 0 Å². The molecule has 1 amide bonds. The standard InChI is InChI=1S/C16H15Cl2NO2/c17-13-7-6-12(10-14(13)18)16(21)19-9-8-15(20)11-4-2-1-3-5-11/h1-7,10,15,20H,8-9H2,(H,19,21)/t15-/m1/s1. The summed E-state index contributed by atoms with van der Waals surface area (Å²) in [4.78, 5) is 11.9. The molecule has 0 unspecified atom stereocenters. The van der Waals surface area contributed by atoms with Crippen molar-refractivity contribution < 1.29 is 9.90 Å². The highest BCUT2D eigenvalue weighted by atomic mass is 35.5. The summed E-state index contributed by atoms with van der Waals surface area (Å²) < 4.78 is 0. The van der Waals surface area contributed by atoms with E-state index in [0.29, 0.717) is 28.6 Å². The summed E-state index contributed by atoms with van der Waals surface area (Å²) >= 11 is 11.7. The van der Waals surface area contributed by atoms with E-state index < -0.39 is 6.10 Å². The predicted molar refractivity (Wildman–Crippen MR) is 84.8 cm³/mol. The smallest absolute Gasteiger partial charge is 0.251 e. The van der Waals surface area contributed by atoms with E-state index in [-0.39, 0.29) is 5.91 Å². The summed E-state index contributed by atoms with van der Waals surface area (Å²) in [6.07, 6.45) is -0.155. The van der Waals surface area contributed by atoms with E-state index in [1.165, 1.54) is 6.07 Å². The third-order valence-electron chi connectivity index (χ3n) is 3.07. The van der Waals surface area contributed by atoms with E-state index in [1.54, 1.807) is 12.1 Å². The average Bonchev–Trinajstić information content (AvgIpc) is 2.50. The monoisotopic (exact) mass is 323 g/mol. The van der Waals surface area contributed by atoms with E-state index in [0.717, 1.165) is 5.56 Å². The van der Waals surface area contributed by atoms with Gasteiger partial charge in [-0.3, -0.25) is 4.79 Å². The number of carbonyl (C=O) groups excluding carboxylic acids is 1. The fraction of sp³-hybridized carbons (Fsp3) is 0.188. The van der Waals surface area contributed by atoms with Crippen LogP contribution in [0.1, 0.15) is 28.4 Å². The van der Waals surface area contributed by atoms with Crippen molar-refractivity contribution in [3.8, 4) is 0 Å². The minimum Gasteiger partial charge on any atom is -0.388 e. The lowest BCUT2D eigenvalue weighted by atomic mass is 10.1. The van der Waals surface area contributed by atoms with Crippen molar-refractivity contribution in [2.24, 2.45) is 0 Å². The molecule has 0 saturated carbocycles. The number of rotatable bonds is 5. The molecule has 2 aromatic carbocycles. The van der Waals surface area contributed by atoms with Crippen molar-refractivity contribution >= 4 is 29.1 Å². The van der Waals surface area contributed by atoms with E-state index in [4.69, 9.17) is 23.2 Å². The molecule has 3 nitrogen and oxygen atoms in total. The van der Waals surface area contributed by atoms with E-state index in [1.807, 2.05) is 30.3 Å². The Bertz CT molecular complexity index is 617. The topological polar surface area (TPSA) is 49.3 Å². The van der Waals surface area contributed by atoms with Crippen LogP contribution in [0.25, 0.3) is 0 Å². The van der Waals surface area contributed by atoms with Gasteiger partial charge in [0.1, 0.15) is 0 Å². The van der Waals surface area contributed by atoms with Crippen LogP contribution in [0.5, 0.6) is 0 Å². The first kappa shape index (κ1) is 15.8. The number of carbonyl (C=O) groups is 1. The molecular formula is C16H15Cl2NO2. The number of benzene rings is 2. The molecule has 110 valence electrons. The minimum absolute atomic E-state index is 0.242. The van der Waals surface area contributed by atoms with Crippen LogP contribution < -0.4 is 5.32 Å². The number of amides is 1. The molecule has 21 heavy (non-hydrogen) atoms. The van der Waals surface area contributed by atoms with Crippen LogP contribution in [0, 0.1) is 0 Å². The highest BCUT2D eigenvalue weighted by molar-refractivity contribution is 6.42. The molecule has 0 aliphatic heterocycles. The maximum Gasteiger partial charge on any atom is 0.251 e. The summed E-state index contributed by atoms with van der Waals surface area (Å²) in [6, 6.07) is 14.0. The van der Waals surface area contributed by atoms with Crippen molar-refractivity contribution in [1.82, 2.24) is 5.32 Å². The second-order valence-electron chi connectivity index (χ2n) is 4.60. The van der Waals surface area contributed by atoms with Crippen LogP contribution >= 0.6 is 23.2 Å². The van der Waals surface area contributed by atoms with Gasteiger partial charge in [-0.2, -0.15) is 0 Å². The molecule has 2 aromatic rings. The van der Waals surface area contributed by atoms with Crippen LogP contribution in [0.15, 0.2) is 48.5 Å². The van der Waals surface area contributed by atoms with Crippen LogP contribution in [0.4, 0.5) is 0 Å². The number of hydrogen-bond donors (Lipinski definition) is 2. The maximum atomic E-state index is 11.9. The summed E-state index contributed by atoms with van der Waals surface area (Å²) in [5.41, 5.74) is 1.28. The van der Waals surface area contributed by atoms with Gasteiger partial charge in [-0.25, -0.2) is 0 Å². The lowest BCUT2D eigenvalue weighted by Crippen LogP contribution is -2.25. The van der Waals surface area contributed by atoms with Gasteiger partial charge in [0.2, 0.25) is 0 Å². The van der Waals surface area contributed by atoms with Crippen molar-refractivity contribution in [2.75, 3.05) is 6.54 Å². The summed E-state index contributed by atoms with van der Waals surface area (Å²) in [6.45, 7) is 0.370. The third kappa shape index (κ3) is 4.46. The van der Waals surface area contributed by atoms with E-state index in [2.05, 4.69) is 5.32 Å². The van der Waals surface area contributed by atoms with Gasteiger partial charge in [0.05, 0.1) is 16.1 Å². The maximum absolute atomic E-state index is 11.9. The Morgan fingerprint density at radius 2 is 1.81 bits per heavy atom. The lowest BCUT2D eigenvalue weighted by molar-refractivity contribution is 0.0942. The number of aliphatic hydroxyl groups excluding tert-OH is 1. The molecule has 1 atom stereocenters. The minimum atomic E-state index is -0.597. The first-order valence-corrected chi connectivity index (χ1v) is 7.30. The quantitative estimate of drug-likeness (QED) is 0.878. The lowest BCUT2D eigenvalue weighted by Gasteiger charge is -2.11. The second-order valence-corrected chi connectivity index (χ2v) is 5.41. The number of hydrogen-bond acceptors (Lipinski definition) is 2. The van der Waals surface area contributed by atoms with Gasteiger partial charge in [-0.05, 0) is 30.2 Å². The molecule has 0 spiro atoms. The van der Waals surface area contributed by atoms with Gasteiger partial charge in [0.15, 0.2) is 0 Å². The molecule has 2 N–H and O–H groups in total. The highest BCUT2D eigenvalue weighted by Gasteiger charge is 2.10. The van der Waals surface area contributed by atoms with Gasteiger partial charge in [-0.15, -0.1) is 0 Å². The zero-order valence-corrected chi connectivity index (χ0v) is 12.7. The Balaban J connectivity index is 1.85. The van der Waals surface area contributed by atoms with Crippen LogP contribution in [0.2, 0.25) is 10.0 Å². The van der Waals surface area contributed by atoms with Crippen LogP contribution in [-0.2, 0) is 0 Å². The average molecular weight is 324 g/mol. The third-order valence-corrected chi connectivity index (χ3v) is 3.81. The van der Waals surface area contributed by atoms with Gasteiger partial charge in [-0.1, -0.05) is 53.5 Å². The molecule has 0 aliphatic rings. The van der Waals surface area contributed by atoms with Gasteiger partial charge in [0.25, 0.3) is 5.91 Å². The van der Waals surface area contributed by atoms with E-state index >= 15 is 0 Å². The molecule has 0 bridgehead atoms. The molecule has 0 aliphatic carbocycles. The molecule has 0 heterocycles. The molecule has 2 rings (SSSR count). The first-order chi connectivity index (χ1) is 10.1. The number of aliphatic hydroxyl groups is 1. The molecule has 5 heteroatoms. The molecular weight excluding hydrogens is 309 g/mol. The molecule has 0 saturated heterocycles. The zero-order valence-electron chi connectivity index (χ0n) is 11.2. The van der Waals surface area contributed by atoms with Gasteiger partial charge in [0, 0.05) is 12.1 Å². The second kappa shape index (κ2) is 7.46. The molecule has 0 aromatic heterocycles. The normalized spacial score (nSPS) is 12.0. The van der Waals surface area contributed by atoms with Gasteiger partial charge < -0.3 is 10.4 Å². The van der Waals surface area contributed by atoms with Crippen LogP contribution in [0.3, 0.4) is 0 Å². The number of nitrogens with one attached hydrogen (secondary N) is 1. The Morgan fingerprint density at radius 1 is 1.10 bits per heavy atom. The Kier molecular flexibility index (Phi) is 5.62. The first-order valence-electron chi connectivity index (χ1n) is 6.54. The zero-order chi connectivity index (χ0) is 15.2. The highest BCUT2D eigenvalue weighted by Crippen LogP contribution is 2.22. The Labute approximate surface area is 133 Å². The van der Waals surface area contributed by atoms with Crippen molar-refractivity contribution in [1.29, 1.82) is 0 Å². The fourth-order valence-electron chi connectivity index (χ4n) is 1.90. The molecule has 0 radical (unpaired) electrons. The predicted octanol–water partition coefficient (Wildman–Crippen LogP) is 3.85. The van der Waals surface area contributed by atoms with Crippen LogP contribution in [-0.4, -0.2) is 17.6 Å². The van der Waals surface area contributed by atoms with Crippen molar-refractivity contribution in [2.45, 2.75) is 12.5 Å². The Morgan fingerprint density at radius 3 is 2.48 bits per heavy atom. The van der Waals surface area contributed by atoms with Gasteiger partial charge >= 0.3 is 0 Å². The number of halogens is 2. The SMILES string of the molecule is O=C(NCC[C@@H](O)c1ccccc1)c1ccc(Cl)c(Cl)c1.